The molecule has 0 saturated heterocycles. The third-order valence-electron chi connectivity index (χ3n) is 4.65. The summed E-state index contributed by atoms with van der Waals surface area (Å²) in [7, 11) is 0. The molecule has 0 spiro atoms. The molecule has 124 valence electrons. The molecule has 0 aromatic carbocycles. The van der Waals surface area contributed by atoms with Crippen LogP contribution in [0.2, 0.25) is 0 Å². The number of aryl methyl sites for hydroxylation is 2. The number of nitrogens with one attached hydrogen (secondary N) is 1. The molecule has 0 bridgehead atoms. The second-order valence-corrected chi connectivity index (χ2v) is 6.93. The van der Waals surface area contributed by atoms with Gasteiger partial charge in [-0.2, -0.15) is 10.2 Å². The first-order valence-electron chi connectivity index (χ1n) is 8.24. The molecule has 2 aromatic heterocycles. The Morgan fingerprint density at radius 2 is 2.22 bits per heavy atom. The molecule has 1 N–H and O–H groups in total. The molecule has 1 aliphatic carbocycles. The van der Waals surface area contributed by atoms with Crippen molar-refractivity contribution in [3.8, 4) is 0 Å². The average molecular weight is 315 g/mol. The molecular weight excluding hydrogens is 290 g/mol. The summed E-state index contributed by atoms with van der Waals surface area (Å²) < 4.78 is 3.87. The highest BCUT2D eigenvalue weighted by Crippen LogP contribution is 2.46. The van der Waals surface area contributed by atoms with Crippen LogP contribution in [0.15, 0.2) is 24.5 Å². The molecule has 1 atom stereocenters. The van der Waals surface area contributed by atoms with Gasteiger partial charge in [-0.15, -0.1) is 0 Å². The van der Waals surface area contributed by atoms with Gasteiger partial charge in [-0.3, -0.25) is 14.2 Å². The highest BCUT2D eigenvalue weighted by Gasteiger charge is 2.43. The van der Waals surface area contributed by atoms with E-state index < -0.39 is 0 Å². The second kappa shape index (κ2) is 6.18. The van der Waals surface area contributed by atoms with E-state index in [4.69, 9.17) is 0 Å². The standard InChI is InChI=1S/C17H25N5O/c1-13(10-21-8-4-7-19-21)16(23)18-11-17(5-6-17)12-22-15(3)9-14(2)20-22/h4,7-9,13H,5-6,10-12H2,1-3H3,(H,18,23). The van der Waals surface area contributed by atoms with Crippen LogP contribution in [-0.2, 0) is 17.9 Å². The van der Waals surface area contributed by atoms with Gasteiger partial charge in [0.2, 0.25) is 5.91 Å². The minimum atomic E-state index is -0.0839. The van der Waals surface area contributed by atoms with Gasteiger partial charge in [-0.1, -0.05) is 6.92 Å². The normalized spacial score (nSPS) is 17.0. The first-order valence-corrected chi connectivity index (χ1v) is 8.24. The topological polar surface area (TPSA) is 64.7 Å². The van der Waals surface area contributed by atoms with Crippen molar-refractivity contribution in [2.24, 2.45) is 11.3 Å². The van der Waals surface area contributed by atoms with E-state index >= 15 is 0 Å². The van der Waals surface area contributed by atoms with Crippen LogP contribution in [0.25, 0.3) is 0 Å². The summed E-state index contributed by atoms with van der Waals surface area (Å²) in [6, 6.07) is 3.97. The summed E-state index contributed by atoms with van der Waals surface area (Å²) in [6.07, 6.45) is 5.92. The molecule has 1 saturated carbocycles. The number of carbonyl (C=O) groups is 1. The monoisotopic (exact) mass is 315 g/mol. The fourth-order valence-electron chi connectivity index (χ4n) is 2.94. The Labute approximate surface area is 136 Å². The molecule has 1 aliphatic rings. The van der Waals surface area contributed by atoms with Gasteiger partial charge < -0.3 is 5.32 Å². The van der Waals surface area contributed by atoms with Crippen molar-refractivity contribution in [1.29, 1.82) is 0 Å². The average Bonchev–Trinajstić information content (AvgIpc) is 2.92. The smallest absolute Gasteiger partial charge is 0.224 e. The quantitative estimate of drug-likeness (QED) is 0.849. The van der Waals surface area contributed by atoms with Crippen LogP contribution in [0.4, 0.5) is 0 Å². The predicted octanol–water partition coefficient (Wildman–Crippen LogP) is 1.93. The Kier molecular flexibility index (Phi) is 4.24. The molecule has 3 rings (SSSR count). The van der Waals surface area contributed by atoms with E-state index in [1.165, 1.54) is 5.69 Å². The van der Waals surface area contributed by atoms with Crippen molar-refractivity contribution in [2.45, 2.75) is 46.7 Å². The molecular formula is C17H25N5O. The first-order chi connectivity index (χ1) is 11.0. The Balaban J connectivity index is 1.51. The maximum absolute atomic E-state index is 12.3. The SMILES string of the molecule is Cc1cc(C)n(CC2(CNC(=O)C(C)Cn3cccn3)CC2)n1. The van der Waals surface area contributed by atoms with Gasteiger partial charge in [0.1, 0.15) is 0 Å². The lowest BCUT2D eigenvalue weighted by molar-refractivity contribution is -0.125. The lowest BCUT2D eigenvalue weighted by Gasteiger charge is -2.19. The molecule has 2 heterocycles. The fourth-order valence-corrected chi connectivity index (χ4v) is 2.94. The van der Waals surface area contributed by atoms with Crippen molar-refractivity contribution in [1.82, 2.24) is 24.9 Å². The summed E-state index contributed by atoms with van der Waals surface area (Å²) in [5.74, 6) is 0.0135. The zero-order valence-electron chi connectivity index (χ0n) is 14.1. The molecule has 1 unspecified atom stereocenters. The molecule has 2 aromatic rings. The fraction of sp³-hybridized carbons (Fsp3) is 0.588. The Hall–Kier alpha value is -2.11. The van der Waals surface area contributed by atoms with E-state index in [-0.39, 0.29) is 17.2 Å². The number of aromatic nitrogens is 4. The first kappa shape index (κ1) is 15.8. The number of amides is 1. The lowest BCUT2D eigenvalue weighted by atomic mass is 10.1. The van der Waals surface area contributed by atoms with Crippen LogP contribution in [0.1, 0.15) is 31.2 Å². The predicted molar refractivity (Wildman–Crippen MR) is 87.8 cm³/mol. The van der Waals surface area contributed by atoms with Crippen LogP contribution >= 0.6 is 0 Å². The van der Waals surface area contributed by atoms with Gasteiger partial charge in [-0.05, 0) is 38.8 Å². The summed E-state index contributed by atoms with van der Waals surface area (Å²) in [5.41, 5.74) is 2.42. The van der Waals surface area contributed by atoms with Gasteiger partial charge in [0.15, 0.2) is 0 Å². The number of hydrogen-bond acceptors (Lipinski definition) is 3. The zero-order valence-corrected chi connectivity index (χ0v) is 14.1. The highest BCUT2D eigenvalue weighted by molar-refractivity contribution is 5.78. The Morgan fingerprint density at radius 3 is 2.78 bits per heavy atom. The van der Waals surface area contributed by atoms with Crippen LogP contribution in [0.5, 0.6) is 0 Å². The minimum Gasteiger partial charge on any atom is -0.355 e. The van der Waals surface area contributed by atoms with Crippen molar-refractivity contribution >= 4 is 5.91 Å². The molecule has 6 heteroatoms. The number of carbonyl (C=O) groups excluding carboxylic acids is 1. The van der Waals surface area contributed by atoms with Crippen molar-refractivity contribution in [3.05, 3.63) is 35.9 Å². The summed E-state index contributed by atoms with van der Waals surface area (Å²) in [6.45, 7) is 8.28. The molecule has 6 nitrogen and oxygen atoms in total. The maximum Gasteiger partial charge on any atom is 0.224 e. The van der Waals surface area contributed by atoms with E-state index in [0.29, 0.717) is 6.54 Å². The maximum atomic E-state index is 12.3. The number of nitrogens with zero attached hydrogens (tertiary/aromatic N) is 4. The van der Waals surface area contributed by atoms with E-state index in [0.717, 1.165) is 31.6 Å². The third kappa shape index (κ3) is 3.81. The highest BCUT2D eigenvalue weighted by atomic mass is 16.1. The number of rotatable bonds is 7. The van der Waals surface area contributed by atoms with Crippen LogP contribution in [0, 0.1) is 25.2 Å². The number of hydrogen-bond donors (Lipinski definition) is 1. The van der Waals surface area contributed by atoms with Gasteiger partial charge in [0.25, 0.3) is 0 Å². The van der Waals surface area contributed by atoms with Gasteiger partial charge >= 0.3 is 0 Å². The molecule has 1 amide bonds. The van der Waals surface area contributed by atoms with Crippen LogP contribution in [0.3, 0.4) is 0 Å². The summed E-state index contributed by atoms with van der Waals surface area (Å²) >= 11 is 0. The van der Waals surface area contributed by atoms with Crippen molar-refractivity contribution in [2.75, 3.05) is 6.54 Å². The molecule has 0 radical (unpaired) electrons. The van der Waals surface area contributed by atoms with Gasteiger partial charge in [0, 0.05) is 36.6 Å². The molecule has 0 aliphatic heterocycles. The van der Waals surface area contributed by atoms with E-state index in [1.54, 1.807) is 10.9 Å². The van der Waals surface area contributed by atoms with E-state index in [9.17, 15) is 4.79 Å². The summed E-state index contributed by atoms with van der Waals surface area (Å²) in [5, 5.41) is 11.8. The zero-order chi connectivity index (χ0) is 16.4. The molecule has 23 heavy (non-hydrogen) atoms. The van der Waals surface area contributed by atoms with Gasteiger partial charge in [-0.25, -0.2) is 0 Å². The van der Waals surface area contributed by atoms with Crippen molar-refractivity contribution in [3.63, 3.8) is 0 Å². The van der Waals surface area contributed by atoms with E-state index in [1.807, 2.05) is 26.1 Å². The van der Waals surface area contributed by atoms with Crippen LogP contribution < -0.4 is 5.32 Å². The van der Waals surface area contributed by atoms with Crippen molar-refractivity contribution < 1.29 is 4.79 Å². The molecule has 1 fully saturated rings. The second-order valence-electron chi connectivity index (χ2n) is 6.93. The Bertz CT molecular complexity index is 669. The third-order valence-corrected chi connectivity index (χ3v) is 4.65. The lowest BCUT2D eigenvalue weighted by Crippen LogP contribution is -2.37. The van der Waals surface area contributed by atoms with Crippen LogP contribution in [-0.4, -0.2) is 32.0 Å². The Morgan fingerprint density at radius 1 is 1.43 bits per heavy atom. The van der Waals surface area contributed by atoms with Gasteiger partial charge in [0.05, 0.1) is 18.2 Å². The summed E-state index contributed by atoms with van der Waals surface area (Å²) in [4.78, 5) is 12.3. The largest absolute Gasteiger partial charge is 0.355 e. The minimum absolute atomic E-state index is 0.0839. The van der Waals surface area contributed by atoms with E-state index in [2.05, 4.69) is 33.2 Å².